The van der Waals surface area contributed by atoms with E-state index in [0.717, 1.165) is 37.8 Å². The lowest BCUT2D eigenvalue weighted by atomic mass is 9.97. The molecule has 1 atom stereocenters. The van der Waals surface area contributed by atoms with Crippen LogP contribution in [0.3, 0.4) is 0 Å². The molecule has 0 bridgehead atoms. The molecule has 0 nitrogen and oxygen atoms in total. The number of alkyl halides is 1. The smallest absolute Gasteiger partial charge is 0.133 e. The highest BCUT2D eigenvalue weighted by Gasteiger charge is 2.28. The van der Waals surface area contributed by atoms with Crippen LogP contribution in [0.25, 0.3) is 0 Å². The molecule has 1 fully saturated rings. The van der Waals surface area contributed by atoms with Crippen molar-refractivity contribution in [2.24, 2.45) is 5.92 Å². The molecule has 0 aromatic heterocycles. The lowest BCUT2D eigenvalue weighted by molar-refractivity contribution is 0.476. The van der Waals surface area contributed by atoms with Crippen molar-refractivity contribution in [1.82, 2.24) is 0 Å². The summed E-state index contributed by atoms with van der Waals surface area (Å²) >= 11 is 3.34. The van der Waals surface area contributed by atoms with Crippen LogP contribution in [0.15, 0.2) is 12.1 Å². The van der Waals surface area contributed by atoms with Crippen LogP contribution in [-0.4, -0.2) is 0 Å². The average Bonchev–Trinajstić information content (AvgIpc) is 2.67. The molecule has 1 aliphatic carbocycles. The van der Waals surface area contributed by atoms with Gasteiger partial charge in [-0.05, 0) is 18.8 Å². The van der Waals surface area contributed by atoms with Crippen LogP contribution in [0.1, 0.15) is 36.1 Å². The Labute approximate surface area is 101 Å². The van der Waals surface area contributed by atoms with E-state index in [0.29, 0.717) is 0 Å². The van der Waals surface area contributed by atoms with Crippen LogP contribution in [0.2, 0.25) is 0 Å². The molecule has 1 aromatic rings. The largest absolute Gasteiger partial charge is 0.207 e. The van der Waals surface area contributed by atoms with E-state index in [1.807, 2.05) is 0 Å². The molecular formula is C12H12BrF3. The molecule has 0 aliphatic heterocycles. The molecule has 2 rings (SSSR count). The summed E-state index contributed by atoms with van der Waals surface area (Å²) in [5, 5.41) is 0. The monoisotopic (exact) mass is 292 g/mol. The van der Waals surface area contributed by atoms with Crippen molar-refractivity contribution in [3.05, 3.63) is 35.1 Å². The third-order valence-electron chi connectivity index (χ3n) is 3.13. The van der Waals surface area contributed by atoms with Crippen molar-refractivity contribution in [3.8, 4) is 0 Å². The number of hydrogen-bond acceptors (Lipinski definition) is 0. The van der Waals surface area contributed by atoms with Crippen LogP contribution in [0.5, 0.6) is 0 Å². The molecule has 0 radical (unpaired) electrons. The predicted octanol–water partition coefficient (Wildman–Crippen LogP) is 4.73. The van der Waals surface area contributed by atoms with Gasteiger partial charge < -0.3 is 0 Å². The van der Waals surface area contributed by atoms with E-state index < -0.39 is 17.5 Å². The minimum absolute atomic E-state index is 0.0340. The van der Waals surface area contributed by atoms with Gasteiger partial charge in [0.15, 0.2) is 0 Å². The number of hydrogen-bond donors (Lipinski definition) is 0. The number of halogens is 4. The fraction of sp³-hybridized carbons (Fsp3) is 0.500. The molecule has 0 saturated heterocycles. The Morgan fingerprint density at radius 3 is 2.06 bits per heavy atom. The standard InChI is InChI=1S/C12H12BrF3/c13-12(7-3-1-2-4-7)11-9(15)5-8(14)6-10(11)16/h5-7,12H,1-4H2. The Morgan fingerprint density at radius 1 is 1.06 bits per heavy atom. The number of benzene rings is 1. The van der Waals surface area contributed by atoms with Gasteiger partial charge in [0.1, 0.15) is 17.5 Å². The van der Waals surface area contributed by atoms with Crippen LogP contribution < -0.4 is 0 Å². The molecule has 4 heteroatoms. The summed E-state index contributed by atoms with van der Waals surface area (Å²) in [6, 6.07) is 1.48. The first-order chi connectivity index (χ1) is 7.59. The molecule has 0 N–H and O–H groups in total. The summed E-state index contributed by atoms with van der Waals surface area (Å²) in [5.41, 5.74) is -0.0340. The lowest BCUT2D eigenvalue weighted by Gasteiger charge is -2.18. The van der Waals surface area contributed by atoms with Gasteiger partial charge in [0.05, 0.1) is 0 Å². The van der Waals surface area contributed by atoms with Crippen LogP contribution in [0, 0.1) is 23.4 Å². The SMILES string of the molecule is Fc1cc(F)c(C(Br)C2CCCC2)c(F)c1. The fourth-order valence-corrected chi connectivity index (χ4v) is 3.27. The van der Waals surface area contributed by atoms with Crippen LogP contribution in [0.4, 0.5) is 13.2 Å². The Bertz CT molecular complexity index is 363. The molecule has 88 valence electrons. The van der Waals surface area contributed by atoms with Gasteiger partial charge in [0, 0.05) is 22.5 Å². The zero-order chi connectivity index (χ0) is 11.7. The zero-order valence-electron chi connectivity index (χ0n) is 8.65. The van der Waals surface area contributed by atoms with E-state index in [9.17, 15) is 13.2 Å². The van der Waals surface area contributed by atoms with Crippen molar-refractivity contribution in [1.29, 1.82) is 0 Å². The fourth-order valence-electron chi connectivity index (χ4n) is 2.30. The zero-order valence-corrected chi connectivity index (χ0v) is 10.2. The highest BCUT2D eigenvalue weighted by atomic mass is 79.9. The topological polar surface area (TPSA) is 0 Å². The Balaban J connectivity index is 2.31. The van der Waals surface area contributed by atoms with Gasteiger partial charge in [-0.15, -0.1) is 0 Å². The van der Waals surface area contributed by atoms with Crippen molar-refractivity contribution in [3.63, 3.8) is 0 Å². The predicted molar refractivity (Wildman–Crippen MR) is 59.9 cm³/mol. The third kappa shape index (κ3) is 2.26. The van der Waals surface area contributed by atoms with Gasteiger partial charge in [-0.3, -0.25) is 0 Å². The van der Waals surface area contributed by atoms with Gasteiger partial charge in [-0.25, -0.2) is 13.2 Å². The van der Waals surface area contributed by atoms with E-state index in [1.54, 1.807) is 0 Å². The summed E-state index contributed by atoms with van der Waals surface area (Å²) in [4.78, 5) is -0.351. The molecular weight excluding hydrogens is 281 g/mol. The van der Waals surface area contributed by atoms with E-state index in [-0.39, 0.29) is 16.3 Å². The highest BCUT2D eigenvalue weighted by Crippen LogP contribution is 2.42. The first kappa shape index (κ1) is 12.0. The second kappa shape index (κ2) is 4.78. The van der Waals surface area contributed by atoms with Crippen molar-refractivity contribution in [2.45, 2.75) is 30.5 Å². The molecule has 0 amide bonds. The third-order valence-corrected chi connectivity index (χ3v) is 4.34. The molecule has 1 saturated carbocycles. The van der Waals surface area contributed by atoms with Crippen LogP contribution in [-0.2, 0) is 0 Å². The molecule has 16 heavy (non-hydrogen) atoms. The van der Waals surface area contributed by atoms with Gasteiger partial charge in [-0.2, -0.15) is 0 Å². The van der Waals surface area contributed by atoms with Gasteiger partial charge in [-0.1, -0.05) is 28.8 Å². The van der Waals surface area contributed by atoms with E-state index in [2.05, 4.69) is 15.9 Å². The average molecular weight is 293 g/mol. The van der Waals surface area contributed by atoms with E-state index in [1.165, 1.54) is 0 Å². The maximum atomic E-state index is 13.5. The second-order valence-electron chi connectivity index (χ2n) is 4.23. The molecule has 0 heterocycles. The molecule has 0 spiro atoms. The van der Waals surface area contributed by atoms with Crippen LogP contribution >= 0.6 is 15.9 Å². The second-order valence-corrected chi connectivity index (χ2v) is 5.22. The summed E-state index contributed by atoms with van der Waals surface area (Å²) in [7, 11) is 0. The van der Waals surface area contributed by atoms with E-state index >= 15 is 0 Å². The van der Waals surface area contributed by atoms with Crippen molar-refractivity contribution in [2.75, 3.05) is 0 Å². The summed E-state index contributed by atoms with van der Waals surface area (Å²) < 4.78 is 39.8. The first-order valence-electron chi connectivity index (χ1n) is 5.38. The van der Waals surface area contributed by atoms with Gasteiger partial charge >= 0.3 is 0 Å². The highest BCUT2D eigenvalue weighted by molar-refractivity contribution is 9.09. The van der Waals surface area contributed by atoms with Gasteiger partial charge in [0.2, 0.25) is 0 Å². The maximum Gasteiger partial charge on any atom is 0.133 e. The van der Waals surface area contributed by atoms with Crippen molar-refractivity contribution < 1.29 is 13.2 Å². The molecule has 1 aromatic carbocycles. The molecule has 1 aliphatic rings. The van der Waals surface area contributed by atoms with Gasteiger partial charge in [0.25, 0.3) is 0 Å². The van der Waals surface area contributed by atoms with Crippen molar-refractivity contribution >= 4 is 15.9 Å². The maximum absolute atomic E-state index is 13.5. The summed E-state index contributed by atoms with van der Waals surface area (Å²) in [6.45, 7) is 0. The number of rotatable bonds is 2. The quantitative estimate of drug-likeness (QED) is 0.691. The normalized spacial score (nSPS) is 19.0. The Kier molecular flexibility index (Phi) is 3.57. The Morgan fingerprint density at radius 2 is 1.56 bits per heavy atom. The first-order valence-corrected chi connectivity index (χ1v) is 6.29. The van der Waals surface area contributed by atoms with E-state index in [4.69, 9.17) is 0 Å². The molecule has 1 unspecified atom stereocenters. The Hall–Kier alpha value is -0.510. The minimum atomic E-state index is -0.870. The lowest BCUT2D eigenvalue weighted by Crippen LogP contribution is -2.08. The summed E-state index contributed by atoms with van der Waals surface area (Å²) in [6.07, 6.45) is 4.12. The minimum Gasteiger partial charge on any atom is -0.207 e. The summed E-state index contributed by atoms with van der Waals surface area (Å²) in [5.74, 6) is -2.23.